The van der Waals surface area contributed by atoms with E-state index in [2.05, 4.69) is 5.32 Å². The molecule has 0 aliphatic rings. The van der Waals surface area contributed by atoms with E-state index in [0.29, 0.717) is 6.61 Å². The first kappa shape index (κ1) is 23.3. The van der Waals surface area contributed by atoms with E-state index in [0.717, 1.165) is 20.5 Å². The highest BCUT2D eigenvalue weighted by molar-refractivity contribution is 7.98. The second-order valence-electron chi connectivity index (χ2n) is 6.96. The summed E-state index contributed by atoms with van der Waals surface area (Å²) in [6, 6.07) is 12.2. The van der Waals surface area contributed by atoms with Gasteiger partial charge in [-0.1, -0.05) is 6.07 Å². The standard InChI is InChI=1S/C21H28N2O4S2/c1-15-6-7-18(12-16(15)2)27-14-17(3)22-21(24)13-23(4)29(25,26)20-10-8-19(28-5)9-11-20/h6-12,17H,13-14H2,1-5H3,(H,22,24)/t17-/m0/s1. The number of hydrogen-bond acceptors (Lipinski definition) is 5. The molecule has 0 radical (unpaired) electrons. The van der Waals surface area contributed by atoms with Crippen molar-refractivity contribution in [2.24, 2.45) is 0 Å². The summed E-state index contributed by atoms with van der Waals surface area (Å²) in [5.74, 6) is 0.357. The molecular formula is C21H28N2O4S2. The smallest absolute Gasteiger partial charge is 0.243 e. The lowest BCUT2D eigenvalue weighted by atomic mass is 10.1. The normalized spacial score (nSPS) is 12.6. The molecule has 0 fully saturated rings. The molecule has 29 heavy (non-hydrogen) atoms. The Balaban J connectivity index is 1.88. The number of rotatable bonds is 9. The van der Waals surface area contributed by atoms with Crippen LogP contribution in [0.25, 0.3) is 0 Å². The van der Waals surface area contributed by atoms with Crippen molar-refractivity contribution in [3.05, 3.63) is 53.6 Å². The van der Waals surface area contributed by atoms with Gasteiger partial charge in [0.2, 0.25) is 15.9 Å². The molecule has 0 bridgehead atoms. The van der Waals surface area contributed by atoms with Gasteiger partial charge in [0, 0.05) is 11.9 Å². The van der Waals surface area contributed by atoms with Crippen LogP contribution in [0.2, 0.25) is 0 Å². The summed E-state index contributed by atoms with van der Waals surface area (Å²) in [7, 11) is -2.33. The Hall–Kier alpha value is -2.03. The third-order valence-corrected chi connectivity index (χ3v) is 7.08. The molecule has 2 aromatic rings. The Labute approximate surface area is 177 Å². The van der Waals surface area contributed by atoms with Gasteiger partial charge in [0.05, 0.1) is 17.5 Å². The predicted octanol–water partition coefficient (Wildman–Crippen LogP) is 3.23. The zero-order valence-electron chi connectivity index (χ0n) is 17.4. The van der Waals surface area contributed by atoms with E-state index < -0.39 is 10.0 Å². The third kappa shape index (κ3) is 6.48. The topological polar surface area (TPSA) is 75.7 Å². The number of carbonyl (C=O) groups is 1. The van der Waals surface area contributed by atoms with Gasteiger partial charge in [0.1, 0.15) is 12.4 Å². The van der Waals surface area contributed by atoms with E-state index in [9.17, 15) is 13.2 Å². The number of benzene rings is 2. The van der Waals surface area contributed by atoms with Crippen molar-refractivity contribution < 1.29 is 17.9 Å². The second kappa shape index (κ2) is 10.1. The number of hydrogen-bond donors (Lipinski definition) is 1. The first-order valence-corrected chi connectivity index (χ1v) is 11.9. The first-order chi connectivity index (χ1) is 13.6. The van der Waals surface area contributed by atoms with Crippen LogP contribution in [0.3, 0.4) is 0 Å². The van der Waals surface area contributed by atoms with Crippen molar-refractivity contribution >= 4 is 27.7 Å². The molecule has 158 valence electrons. The fourth-order valence-corrected chi connectivity index (χ4v) is 4.14. The molecule has 0 aliphatic heterocycles. The van der Waals surface area contributed by atoms with Gasteiger partial charge >= 0.3 is 0 Å². The molecule has 1 atom stereocenters. The fraction of sp³-hybridized carbons (Fsp3) is 0.381. The predicted molar refractivity (Wildman–Crippen MR) is 117 cm³/mol. The number of nitrogens with one attached hydrogen (secondary N) is 1. The third-order valence-electron chi connectivity index (χ3n) is 4.52. The van der Waals surface area contributed by atoms with Gasteiger partial charge in [-0.15, -0.1) is 11.8 Å². The van der Waals surface area contributed by atoms with Crippen molar-refractivity contribution in [2.45, 2.75) is 36.6 Å². The Morgan fingerprint density at radius 3 is 2.38 bits per heavy atom. The number of nitrogens with zero attached hydrogens (tertiary/aromatic N) is 1. The maximum Gasteiger partial charge on any atom is 0.243 e. The van der Waals surface area contributed by atoms with Crippen LogP contribution in [0.15, 0.2) is 52.3 Å². The zero-order valence-corrected chi connectivity index (χ0v) is 19.1. The summed E-state index contributed by atoms with van der Waals surface area (Å²) in [5, 5.41) is 2.78. The lowest BCUT2D eigenvalue weighted by Gasteiger charge is -2.20. The Morgan fingerprint density at radius 2 is 1.79 bits per heavy atom. The van der Waals surface area contributed by atoms with Crippen molar-refractivity contribution in [1.29, 1.82) is 0 Å². The van der Waals surface area contributed by atoms with E-state index in [4.69, 9.17) is 4.74 Å². The van der Waals surface area contributed by atoms with Crippen LogP contribution < -0.4 is 10.1 Å². The van der Waals surface area contributed by atoms with Crippen molar-refractivity contribution in [1.82, 2.24) is 9.62 Å². The largest absolute Gasteiger partial charge is 0.491 e. The van der Waals surface area contributed by atoms with Gasteiger partial charge < -0.3 is 10.1 Å². The molecule has 0 spiro atoms. The average Bonchev–Trinajstić information content (AvgIpc) is 2.68. The van der Waals surface area contributed by atoms with Crippen LogP contribution in [0.1, 0.15) is 18.1 Å². The van der Waals surface area contributed by atoms with Crippen LogP contribution in [0, 0.1) is 13.8 Å². The van der Waals surface area contributed by atoms with Crippen molar-refractivity contribution in [2.75, 3.05) is 26.5 Å². The van der Waals surface area contributed by atoms with E-state index >= 15 is 0 Å². The Kier molecular flexibility index (Phi) is 8.13. The van der Waals surface area contributed by atoms with Crippen molar-refractivity contribution in [3.63, 3.8) is 0 Å². The molecule has 0 aliphatic carbocycles. The monoisotopic (exact) mass is 436 g/mol. The van der Waals surface area contributed by atoms with Crippen LogP contribution in [0.5, 0.6) is 5.75 Å². The second-order valence-corrected chi connectivity index (χ2v) is 9.89. The maximum absolute atomic E-state index is 12.6. The number of amides is 1. The lowest BCUT2D eigenvalue weighted by molar-refractivity contribution is -0.121. The molecule has 0 saturated heterocycles. The lowest BCUT2D eigenvalue weighted by Crippen LogP contribution is -2.43. The molecule has 1 amide bonds. The summed E-state index contributed by atoms with van der Waals surface area (Å²) in [4.78, 5) is 13.4. The molecule has 8 heteroatoms. The zero-order chi connectivity index (χ0) is 21.6. The summed E-state index contributed by atoms with van der Waals surface area (Å²) in [6.45, 7) is 5.89. The number of thioether (sulfide) groups is 1. The highest BCUT2D eigenvalue weighted by atomic mass is 32.2. The van der Waals surface area contributed by atoms with Gasteiger partial charge in [0.15, 0.2) is 0 Å². The Morgan fingerprint density at radius 1 is 1.14 bits per heavy atom. The molecule has 0 aromatic heterocycles. The van der Waals surface area contributed by atoms with Crippen LogP contribution in [-0.4, -0.2) is 51.1 Å². The quantitative estimate of drug-likeness (QED) is 0.611. The van der Waals surface area contributed by atoms with E-state index in [1.807, 2.05) is 45.2 Å². The molecule has 1 N–H and O–H groups in total. The molecule has 0 unspecified atom stereocenters. The molecule has 0 saturated carbocycles. The summed E-state index contributed by atoms with van der Waals surface area (Å²) in [6.07, 6.45) is 1.92. The van der Waals surface area contributed by atoms with Gasteiger partial charge in [-0.2, -0.15) is 4.31 Å². The van der Waals surface area contributed by atoms with Crippen LogP contribution >= 0.6 is 11.8 Å². The molecule has 6 nitrogen and oxygen atoms in total. The summed E-state index contributed by atoms with van der Waals surface area (Å²) < 4.78 is 32.0. The van der Waals surface area contributed by atoms with E-state index in [1.165, 1.54) is 24.4 Å². The number of carbonyl (C=O) groups excluding carboxylic acids is 1. The molecule has 2 aromatic carbocycles. The SMILES string of the molecule is CSc1ccc(S(=O)(=O)N(C)CC(=O)N[C@@H](C)COc2ccc(C)c(C)c2)cc1. The molecular weight excluding hydrogens is 408 g/mol. The highest BCUT2D eigenvalue weighted by Crippen LogP contribution is 2.20. The first-order valence-electron chi connectivity index (χ1n) is 9.23. The van der Waals surface area contributed by atoms with Gasteiger partial charge in [-0.05, 0) is 74.6 Å². The van der Waals surface area contributed by atoms with Crippen LogP contribution in [0.4, 0.5) is 0 Å². The van der Waals surface area contributed by atoms with E-state index in [-0.39, 0.29) is 23.4 Å². The highest BCUT2D eigenvalue weighted by Gasteiger charge is 2.23. The minimum Gasteiger partial charge on any atom is -0.491 e. The van der Waals surface area contributed by atoms with Crippen LogP contribution in [-0.2, 0) is 14.8 Å². The number of ether oxygens (including phenoxy) is 1. The minimum atomic E-state index is -3.73. The Bertz CT molecular complexity index is 944. The number of sulfonamides is 1. The average molecular weight is 437 g/mol. The maximum atomic E-state index is 12.6. The molecule has 0 heterocycles. The van der Waals surface area contributed by atoms with E-state index in [1.54, 1.807) is 24.3 Å². The fourth-order valence-electron chi connectivity index (χ4n) is 2.60. The summed E-state index contributed by atoms with van der Waals surface area (Å²) in [5.41, 5.74) is 2.32. The van der Waals surface area contributed by atoms with Crippen molar-refractivity contribution in [3.8, 4) is 5.75 Å². The number of likely N-dealkylation sites (N-methyl/N-ethyl adjacent to an activating group) is 1. The summed E-state index contributed by atoms with van der Waals surface area (Å²) >= 11 is 1.53. The van der Waals surface area contributed by atoms with Gasteiger partial charge in [0.25, 0.3) is 0 Å². The van der Waals surface area contributed by atoms with Gasteiger partial charge in [-0.3, -0.25) is 4.79 Å². The number of aryl methyl sites for hydroxylation is 2. The minimum absolute atomic E-state index is 0.164. The van der Waals surface area contributed by atoms with Gasteiger partial charge in [-0.25, -0.2) is 8.42 Å². The molecule has 2 rings (SSSR count).